The van der Waals surface area contributed by atoms with Crippen LogP contribution in [-0.4, -0.2) is 36.4 Å². The highest BCUT2D eigenvalue weighted by Crippen LogP contribution is 1.92. The lowest BCUT2D eigenvalue weighted by Gasteiger charge is -1.94. The molecule has 0 heterocycles. The van der Waals surface area contributed by atoms with Crippen LogP contribution in [0.2, 0.25) is 0 Å². The second-order valence-electron chi connectivity index (χ2n) is 3.83. The second-order valence-corrected chi connectivity index (χ2v) is 7.78. The molecule has 0 aromatic heterocycles. The van der Waals surface area contributed by atoms with Crippen molar-refractivity contribution in [3.63, 3.8) is 0 Å². The van der Waals surface area contributed by atoms with Crippen molar-refractivity contribution in [1.82, 2.24) is 0 Å². The number of rotatable bonds is 2. The molecule has 6 nitrogen and oxygen atoms in total. The summed E-state index contributed by atoms with van der Waals surface area (Å²) < 4.78 is 55.7. The molecule has 17 heavy (non-hydrogen) atoms. The van der Waals surface area contributed by atoms with Crippen LogP contribution in [0.15, 0.2) is 0 Å². The molecule has 8 heteroatoms. The van der Waals surface area contributed by atoms with E-state index in [2.05, 4.69) is 13.8 Å². The first kappa shape index (κ1) is 22.0. The average molecular weight is 292 g/mol. The molecule has 0 saturated carbocycles. The van der Waals surface area contributed by atoms with E-state index in [4.69, 9.17) is 9.11 Å². The molecule has 0 aliphatic carbocycles. The first-order valence-electron chi connectivity index (χ1n) is 5.23. The van der Waals surface area contributed by atoms with Crippen LogP contribution in [0.5, 0.6) is 0 Å². The van der Waals surface area contributed by atoms with E-state index < -0.39 is 30.7 Å². The molecule has 108 valence electrons. The van der Waals surface area contributed by atoms with E-state index >= 15 is 0 Å². The van der Waals surface area contributed by atoms with Gasteiger partial charge in [-0.15, -0.1) is 0 Å². The van der Waals surface area contributed by atoms with Crippen molar-refractivity contribution in [2.75, 3.05) is 0 Å². The Bertz CT molecular complexity index is 317. The van der Waals surface area contributed by atoms with Gasteiger partial charge in [0, 0.05) is 0 Å². The molecule has 0 spiro atoms. The summed E-state index contributed by atoms with van der Waals surface area (Å²) >= 11 is 0. The van der Waals surface area contributed by atoms with Gasteiger partial charge in [0.1, 0.15) is 0 Å². The first-order chi connectivity index (χ1) is 7.30. The van der Waals surface area contributed by atoms with E-state index in [1.165, 1.54) is 34.1 Å². The minimum atomic E-state index is -3.74. The van der Waals surface area contributed by atoms with Crippen molar-refractivity contribution in [3.05, 3.63) is 0 Å². The summed E-state index contributed by atoms with van der Waals surface area (Å²) in [5.74, 6) is 0. The first-order valence-corrected chi connectivity index (χ1v) is 8.23. The van der Waals surface area contributed by atoms with Crippen LogP contribution in [0.25, 0.3) is 0 Å². The lowest BCUT2D eigenvalue weighted by molar-refractivity contribution is 0.471. The van der Waals surface area contributed by atoms with E-state index in [9.17, 15) is 16.8 Å². The SMILES string of the molecule is CC(C)S(=O)(=O)O.CC(C)S(=O)(=O)O.CCC. The molecule has 0 rings (SSSR count). The zero-order valence-electron chi connectivity index (χ0n) is 11.2. The Balaban J connectivity index is -0.000000188. The summed E-state index contributed by atoms with van der Waals surface area (Å²) in [7, 11) is -7.48. The summed E-state index contributed by atoms with van der Waals surface area (Å²) in [5.41, 5.74) is 0. The van der Waals surface area contributed by atoms with Crippen molar-refractivity contribution in [2.24, 2.45) is 0 Å². The Hall–Kier alpha value is -0.180. The largest absolute Gasteiger partial charge is 0.285 e. The smallest absolute Gasteiger partial charge is 0.267 e. The van der Waals surface area contributed by atoms with E-state index in [1.54, 1.807) is 0 Å². The van der Waals surface area contributed by atoms with Gasteiger partial charge in [0.2, 0.25) is 0 Å². The molecular weight excluding hydrogens is 268 g/mol. The summed E-state index contributed by atoms with van der Waals surface area (Å²) in [4.78, 5) is 0. The van der Waals surface area contributed by atoms with Gasteiger partial charge < -0.3 is 0 Å². The van der Waals surface area contributed by atoms with Crippen LogP contribution in [0, 0.1) is 0 Å². The summed E-state index contributed by atoms with van der Waals surface area (Å²) in [6.07, 6.45) is 1.25. The van der Waals surface area contributed by atoms with Crippen molar-refractivity contribution < 1.29 is 25.9 Å². The molecule has 0 saturated heterocycles. The quantitative estimate of drug-likeness (QED) is 0.753. The fourth-order valence-corrected chi connectivity index (χ4v) is 0. The van der Waals surface area contributed by atoms with Crippen LogP contribution < -0.4 is 0 Å². The van der Waals surface area contributed by atoms with Gasteiger partial charge in [-0.25, -0.2) is 0 Å². The molecule has 0 radical (unpaired) electrons. The van der Waals surface area contributed by atoms with E-state index in [0.717, 1.165) is 0 Å². The zero-order chi connectivity index (χ0) is 14.9. The number of hydrogen-bond donors (Lipinski definition) is 2. The van der Waals surface area contributed by atoms with Gasteiger partial charge in [0.05, 0.1) is 10.5 Å². The third-order valence-electron chi connectivity index (χ3n) is 1.19. The van der Waals surface area contributed by atoms with Crippen LogP contribution >= 0.6 is 0 Å². The fourth-order valence-electron chi connectivity index (χ4n) is 0. The number of hydrogen-bond acceptors (Lipinski definition) is 4. The standard InChI is InChI=1S/2C3H8O3S.C3H8/c2*1-3(2)7(4,5)6;1-3-2/h2*3H,1-2H3,(H,4,5,6);3H2,1-2H3. The Morgan fingerprint density at radius 2 is 0.824 bits per heavy atom. The molecule has 0 aliphatic heterocycles. The van der Waals surface area contributed by atoms with Crippen LogP contribution in [-0.2, 0) is 20.2 Å². The highest BCUT2D eigenvalue weighted by molar-refractivity contribution is 7.86. The summed E-state index contributed by atoms with van der Waals surface area (Å²) in [6.45, 7) is 9.90. The van der Waals surface area contributed by atoms with Gasteiger partial charge in [0.25, 0.3) is 20.2 Å². The Morgan fingerprint density at radius 1 is 0.765 bits per heavy atom. The molecule has 0 atom stereocenters. The zero-order valence-corrected chi connectivity index (χ0v) is 12.8. The van der Waals surface area contributed by atoms with Crippen molar-refractivity contribution in [1.29, 1.82) is 0 Å². The highest BCUT2D eigenvalue weighted by atomic mass is 32.2. The van der Waals surface area contributed by atoms with Crippen molar-refractivity contribution in [2.45, 2.75) is 58.5 Å². The maximum atomic E-state index is 9.89. The van der Waals surface area contributed by atoms with Crippen LogP contribution in [0.3, 0.4) is 0 Å². The second kappa shape index (κ2) is 9.81. The lowest BCUT2D eigenvalue weighted by atomic mass is 10.6. The molecular formula is C9H24O6S2. The van der Waals surface area contributed by atoms with Gasteiger partial charge in [-0.1, -0.05) is 20.3 Å². The fraction of sp³-hybridized carbons (Fsp3) is 1.00. The average Bonchev–Trinajstić information content (AvgIpc) is 2.02. The molecule has 0 aromatic carbocycles. The van der Waals surface area contributed by atoms with Crippen molar-refractivity contribution in [3.8, 4) is 0 Å². The van der Waals surface area contributed by atoms with E-state index in [0.29, 0.717) is 0 Å². The maximum Gasteiger partial charge on any atom is 0.267 e. The lowest BCUT2D eigenvalue weighted by Crippen LogP contribution is -2.10. The predicted molar refractivity (Wildman–Crippen MR) is 69.3 cm³/mol. The topological polar surface area (TPSA) is 109 Å². The van der Waals surface area contributed by atoms with Gasteiger partial charge >= 0.3 is 0 Å². The third kappa shape index (κ3) is 21.6. The van der Waals surface area contributed by atoms with Gasteiger partial charge in [-0.3, -0.25) is 9.11 Å². The summed E-state index contributed by atoms with van der Waals surface area (Å²) in [6, 6.07) is 0. The van der Waals surface area contributed by atoms with E-state index in [-0.39, 0.29) is 0 Å². The summed E-state index contributed by atoms with van der Waals surface area (Å²) in [5, 5.41) is -1.35. The minimum absolute atomic E-state index is 0.674. The minimum Gasteiger partial charge on any atom is -0.285 e. The predicted octanol–water partition coefficient (Wildman–Crippen LogP) is 1.98. The van der Waals surface area contributed by atoms with Crippen LogP contribution in [0.1, 0.15) is 48.0 Å². The molecule has 0 bridgehead atoms. The molecule has 0 unspecified atom stereocenters. The molecule has 0 amide bonds. The Kier molecular flexibility index (Phi) is 12.7. The molecule has 2 N–H and O–H groups in total. The van der Waals surface area contributed by atoms with Gasteiger partial charge in [0.15, 0.2) is 0 Å². The highest BCUT2D eigenvalue weighted by Gasteiger charge is 2.09. The van der Waals surface area contributed by atoms with Gasteiger partial charge in [-0.2, -0.15) is 16.8 Å². The third-order valence-corrected chi connectivity index (χ3v) is 3.57. The normalized spacial score (nSPS) is 11.4. The molecule has 0 fully saturated rings. The Labute approximate surface area is 105 Å². The van der Waals surface area contributed by atoms with Gasteiger partial charge in [-0.05, 0) is 27.7 Å². The monoisotopic (exact) mass is 292 g/mol. The van der Waals surface area contributed by atoms with Crippen LogP contribution in [0.4, 0.5) is 0 Å². The maximum absolute atomic E-state index is 9.89. The molecule has 0 aliphatic rings. The Morgan fingerprint density at radius 3 is 0.824 bits per heavy atom. The van der Waals surface area contributed by atoms with E-state index in [1.807, 2.05) is 0 Å². The van der Waals surface area contributed by atoms with Crippen molar-refractivity contribution >= 4 is 20.2 Å². The molecule has 0 aromatic rings.